The predicted molar refractivity (Wildman–Crippen MR) is 99.2 cm³/mol. The fourth-order valence-corrected chi connectivity index (χ4v) is 2.67. The third-order valence-corrected chi connectivity index (χ3v) is 4.07. The largest absolute Gasteiger partial charge is 0.507 e. The number of nitriles is 1. The fraction of sp³-hybridized carbons (Fsp3) is 0.150. The first kappa shape index (κ1) is 19.8. The molecule has 3 rings (SSSR count). The van der Waals surface area contributed by atoms with Crippen molar-refractivity contribution in [2.45, 2.75) is 6.61 Å². The van der Waals surface area contributed by atoms with E-state index in [0.29, 0.717) is 5.52 Å². The number of aliphatic hydroxyl groups excluding tert-OH is 1. The lowest BCUT2D eigenvalue weighted by molar-refractivity contribution is -0.0498. The SMILES string of the molecule is Cn1c(/C(C#N)=C(\O)COC(=O)c2ccc(OC(F)F)cc2)nc2ccccc21. The van der Waals surface area contributed by atoms with Crippen LogP contribution in [0, 0.1) is 11.3 Å². The zero-order valence-electron chi connectivity index (χ0n) is 15.2. The normalized spacial score (nSPS) is 11.8. The van der Waals surface area contributed by atoms with Crippen molar-refractivity contribution < 1.29 is 28.2 Å². The van der Waals surface area contributed by atoms with E-state index in [1.54, 1.807) is 23.7 Å². The van der Waals surface area contributed by atoms with Crippen LogP contribution in [-0.2, 0) is 11.8 Å². The smallest absolute Gasteiger partial charge is 0.387 e. The van der Waals surface area contributed by atoms with Gasteiger partial charge in [0, 0.05) is 7.05 Å². The molecule has 1 N–H and O–H groups in total. The third kappa shape index (κ3) is 4.32. The van der Waals surface area contributed by atoms with Gasteiger partial charge in [0.25, 0.3) is 0 Å². The van der Waals surface area contributed by atoms with Crippen molar-refractivity contribution in [3.63, 3.8) is 0 Å². The third-order valence-electron chi connectivity index (χ3n) is 4.07. The molecule has 2 aromatic carbocycles. The Bertz CT molecular complexity index is 1110. The van der Waals surface area contributed by atoms with Gasteiger partial charge in [-0.1, -0.05) is 12.1 Å². The maximum absolute atomic E-state index is 12.2. The first-order valence-electron chi connectivity index (χ1n) is 8.36. The molecule has 1 aromatic heterocycles. The molecule has 0 spiro atoms. The second-order valence-corrected chi connectivity index (χ2v) is 5.90. The molecular formula is C20H15F2N3O4. The molecule has 1 heterocycles. The second kappa shape index (κ2) is 8.39. The average Bonchev–Trinajstić information content (AvgIpc) is 3.03. The Hall–Kier alpha value is -3.93. The Kier molecular flexibility index (Phi) is 5.74. The topological polar surface area (TPSA) is 97.4 Å². The summed E-state index contributed by atoms with van der Waals surface area (Å²) < 4.78 is 35.2. The number of hydrogen-bond donors (Lipinski definition) is 1. The van der Waals surface area contributed by atoms with Crippen LogP contribution in [0.5, 0.6) is 5.75 Å². The molecule has 7 nitrogen and oxygen atoms in total. The molecule has 0 saturated carbocycles. The summed E-state index contributed by atoms with van der Waals surface area (Å²) in [6.45, 7) is -3.53. The van der Waals surface area contributed by atoms with Crippen molar-refractivity contribution in [2.24, 2.45) is 7.05 Å². The molecule has 0 aliphatic heterocycles. The number of nitrogens with zero attached hydrogens (tertiary/aromatic N) is 3. The van der Waals surface area contributed by atoms with Crippen LogP contribution in [0.25, 0.3) is 16.6 Å². The molecule has 0 amide bonds. The van der Waals surface area contributed by atoms with Crippen LogP contribution < -0.4 is 4.74 Å². The Balaban J connectivity index is 1.75. The lowest BCUT2D eigenvalue weighted by atomic mass is 10.2. The van der Waals surface area contributed by atoms with E-state index in [1.165, 1.54) is 24.3 Å². The number of carbonyl (C=O) groups is 1. The van der Waals surface area contributed by atoms with E-state index in [1.807, 2.05) is 18.2 Å². The molecule has 0 saturated heterocycles. The minimum Gasteiger partial charge on any atom is -0.507 e. The number of hydrogen-bond acceptors (Lipinski definition) is 6. The summed E-state index contributed by atoms with van der Waals surface area (Å²) in [5.41, 5.74) is 1.36. The Labute approximate surface area is 164 Å². The molecule has 3 aromatic rings. The Morgan fingerprint density at radius 2 is 1.93 bits per heavy atom. The lowest BCUT2D eigenvalue weighted by Gasteiger charge is -2.08. The van der Waals surface area contributed by atoms with Gasteiger partial charge in [-0.2, -0.15) is 14.0 Å². The molecule has 0 aliphatic rings. The van der Waals surface area contributed by atoms with Crippen molar-refractivity contribution in [3.8, 4) is 11.8 Å². The Morgan fingerprint density at radius 1 is 1.24 bits per heavy atom. The number of fused-ring (bicyclic) bond motifs is 1. The predicted octanol–water partition coefficient (Wildman–Crippen LogP) is 3.82. The number of ether oxygens (including phenoxy) is 2. The highest BCUT2D eigenvalue weighted by Crippen LogP contribution is 2.22. The minimum atomic E-state index is -2.97. The number of halogens is 2. The monoisotopic (exact) mass is 399 g/mol. The molecule has 29 heavy (non-hydrogen) atoms. The summed E-state index contributed by atoms with van der Waals surface area (Å²) in [5, 5.41) is 19.7. The lowest BCUT2D eigenvalue weighted by Crippen LogP contribution is -2.10. The van der Waals surface area contributed by atoms with E-state index in [-0.39, 0.29) is 22.7 Å². The van der Waals surface area contributed by atoms with E-state index < -0.39 is 24.9 Å². The standard InChI is InChI=1S/C20H15F2N3O4/c1-25-16-5-3-2-4-15(16)24-18(25)14(10-23)17(26)11-28-19(27)12-6-8-13(9-7-12)29-20(21)22/h2-9,20,26H,11H2,1H3/b17-14-. The number of benzene rings is 2. The molecule has 0 aliphatic carbocycles. The summed E-state index contributed by atoms with van der Waals surface area (Å²) in [5.74, 6) is -1.14. The van der Waals surface area contributed by atoms with Gasteiger partial charge in [0.2, 0.25) is 0 Å². The molecule has 0 fully saturated rings. The molecule has 0 unspecified atom stereocenters. The zero-order valence-corrected chi connectivity index (χ0v) is 15.2. The van der Waals surface area contributed by atoms with Crippen LogP contribution in [0.4, 0.5) is 8.78 Å². The summed E-state index contributed by atoms with van der Waals surface area (Å²) in [7, 11) is 1.70. The number of esters is 1. The second-order valence-electron chi connectivity index (χ2n) is 5.90. The number of aromatic nitrogens is 2. The number of imidazole rings is 1. The zero-order chi connectivity index (χ0) is 21.0. The van der Waals surface area contributed by atoms with Gasteiger partial charge < -0.3 is 19.1 Å². The van der Waals surface area contributed by atoms with Crippen molar-refractivity contribution in [1.82, 2.24) is 9.55 Å². The molecular weight excluding hydrogens is 384 g/mol. The van der Waals surface area contributed by atoms with Gasteiger partial charge >= 0.3 is 12.6 Å². The molecule has 148 valence electrons. The van der Waals surface area contributed by atoms with Gasteiger partial charge in [-0.05, 0) is 36.4 Å². The van der Waals surface area contributed by atoms with E-state index in [0.717, 1.165) is 5.52 Å². The first-order valence-corrected chi connectivity index (χ1v) is 8.36. The van der Waals surface area contributed by atoms with Gasteiger partial charge in [0.15, 0.2) is 11.6 Å². The maximum Gasteiger partial charge on any atom is 0.387 e. The number of rotatable bonds is 6. The molecule has 9 heteroatoms. The van der Waals surface area contributed by atoms with Crippen LogP contribution in [-0.4, -0.2) is 33.8 Å². The fourth-order valence-electron chi connectivity index (χ4n) is 2.67. The van der Waals surface area contributed by atoms with Crippen molar-refractivity contribution in [3.05, 3.63) is 65.7 Å². The van der Waals surface area contributed by atoms with E-state index in [2.05, 4.69) is 9.72 Å². The van der Waals surface area contributed by atoms with Gasteiger partial charge in [-0.25, -0.2) is 9.78 Å². The maximum atomic E-state index is 12.2. The van der Waals surface area contributed by atoms with Gasteiger partial charge in [-0.15, -0.1) is 0 Å². The van der Waals surface area contributed by atoms with Crippen LogP contribution in [0.1, 0.15) is 16.2 Å². The first-order chi connectivity index (χ1) is 13.9. The molecule has 0 atom stereocenters. The summed E-state index contributed by atoms with van der Waals surface area (Å²) in [6, 6.07) is 14.0. The van der Waals surface area contributed by atoms with Crippen LogP contribution in [0.15, 0.2) is 54.3 Å². The van der Waals surface area contributed by atoms with E-state index in [4.69, 9.17) is 4.74 Å². The van der Waals surface area contributed by atoms with Gasteiger partial charge in [-0.3, -0.25) is 0 Å². The van der Waals surface area contributed by atoms with Gasteiger partial charge in [0.05, 0.1) is 16.6 Å². The average molecular weight is 399 g/mol. The van der Waals surface area contributed by atoms with Crippen molar-refractivity contribution in [2.75, 3.05) is 6.61 Å². The Morgan fingerprint density at radius 3 is 2.55 bits per heavy atom. The highest BCUT2D eigenvalue weighted by molar-refractivity contribution is 5.90. The van der Waals surface area contributed by atoms with Crippen molar-refractivity contribution >= 4 is 22.6 Å². The minimum absolute atomic E-state index is 0.0701. The molecule has 0 radical (unpaired) electrons. The number of alkyl halides is 2. The number of aryl methyl sites for hydroxylation is 1. The summed E-state index contributed by atoms with van der Waals surface area (Å²) >= 11 is 0. The highest BCUT2D eigenvalue weighted by Gasteiger charge is 2.18. The number of aliphatic hydroxyl groups is 1. The van der Waals surface area contributed by atoms with Crippen LogP contribution in [0.2, 0.25) is 0 Å². The van der Waals surface area contributed by atoms with E-state index in [9.17, 15) is 23.9 Å². The highest BCUT2D eigenvalue weighted by atomic mass is 19.3. The van der Waals surface area contributed by atoms with Crippen LogP contribution in [0.3, 0.4) is 0 Å². The van der Waals surface area contributed by atoms with Crippen LogP contribution >= 0.6 is 0 Å². The number of para-hydroxylation sites is 2. The quantitative estimate of drug-likeness (QED) is 0.384. The summed E-state index contributed by atoms with van der Waals surface area (Å²) in [4.78, 5) is 16.4. The number of carbonyl (C=O) groups excluding carboxylic acids is 1. The van der Waals surface area contributed by atoms with Crippen molar-refractivity contribution in [1.29, 1.82) is 5.26 Å². The molecule has 0 bridgehead atoms. The van der Waals surface area contributed by atoms with Gasteiger partial charge in [0.1, 0.15) is 24.0 Å². The number of allylic oxidation sites excluding steroid dienone is 1. The van der Waals surface area contributed by atoms with E-state index >= 15 is 0 Å². The summed E-state index contributed by atoms with van der Waals surface area (Å²) in [6.07, 6.45) is 0.